The Labute approximate surface area is 160 Å². The van der Waals surface area contributed by atoms with Gasteiger partial charge in [-0.1, -0.05) is 63.3 Å². The lowest BCUT2D eigenvalue weighted by Crippen LogP contribution is -2.13. The molecule has 2 aliphatic rings. The van der Waals surface area contributed by atoms with Crippen LogP contribution in [0.5, 0.6) is 0 Å². The third kappa shape index (κ3) is 5.47. The molecule has 1 heteroatoms. The molecule has 140 valence electrons. The Bertz CT molecular complexity index is 590. The fourth-order valence-corrected chi connectivity index (χ4v) is 5.02. The van der Waals surface area contributed by atoms with E-state index in [0.717, 1.165) is 23.3 Å². The summed E-state index contributed by atoms with van der Waals surface area (Å²) in [5, 5.41) is 8.92. The summed E-state index contributed by atoms with van der Waals surface area (Å²) in [5.41, 5.74) is 2.20. The molecule has 0 amide bonds. The Morgan fingerprint density at radius 2 is 1.58 bits per heavy atom. The summed E-state index contributed by atoms with van der Waals surface area (Å²) in [6.07, 6.45) is 20.2. The first kappa shape index (κ1) is 19.2. The van der Waals surface area contributed by atoms with Gasteiger partial charge < -0.3 is 0 Å². The summed E-state index contributed by atoms with van der Waals surface area (Å²) in [6.45, 7) is 2.35. The second kappa shape index (κ2) is 9.96. The van der Waals surface area contributed by atoms with E-state index in [9.17, 15) is 0 Å². The summed E-state index contributed by atoms with van der Waals surface area (Å²) < 4.78 is 0. The van der Waals surface area contributed by atoms with Crippen LogP contribution in [0.2, 0.25) is 0 Å². The van der Waals surface area contributed by atoms with Crippen molar-refractivity contribution in [3.05, 3.63) is 47.5 Å². The highest BCUT2D eigenvalue weighted by Crippen LogP contribution is 2.37. The van der Waals surface area contributed by atoms with Crippen molar-refractivity contribution < 1.29 is 0 Å². The summed E-state index contributed by atoms with van der Waals surface area (Å²) in [5.74, 6) is 3.50. The van der Waals surface area contributed by atoms with E-state index in [2.05, 4.69) is 37.3 Å². The highest BCUT2D eigenvalue weighted by atomic mass is 14.3. The molecule has 0 unspecified atom stereocenters. The molecular weight excluding hydrogens is 314 g/mol. The van der Waals surface area contributed by atoms with Gasteiger partial charge in [0.15, 0.2) is 0 Å². The molecule has 0 aliphatic heterocycles. The molecule has 0 spiro atoms. The van der Waals surface area contributed by atoms with Crippen molar-refractivity contribution in [2.45, 2.75) is 83.5 Å². The smallest absolute Gasteiger partial charge is 0.0991 e. The number of benzene rings is 1. The summed E-state index contributed by atoms with van der Waals surface area (Å²) in [7, 11) is 0. The molecule has 0 atom stereocenters. The van der Waals surface area contributed by atoms with Crippen LogP contribution < -0.4 is 0 Å². The number of rotatable bonds is 6. The van der Waals surface area contributed by atoms with Crippen molar-refractivity contribution in [2.24, 2.45) is 17.8 Å². The van der Waals surface area contributed by atoms with Gasteiger partial charge in [-0.25, -0.2) is 0 Å². The van der Waals surface area contributed by atoms with Gasteiger partial charge in [-0.15, -0.1) is 0 Å². The zero-order valence-electron chi connectivity index (χ0n) is 16.5. The molecule has 1 aromatic rings. The molecule has 0 bridgehead atoms. The average molecular weight is 350 g/mol. The minimum Gasteiger partial charge on any atom is -0.192 e. The lowest BCUT2D eigenvalue weighted by Gasteiger charge is -2.28. The zero-order valence-corrected chi connectivity index (χ0v) is 16.5. The minimum absolute atomic E-state index is 0.696. The maximum Gasteiger partial charge on any atom is 0.0991 e. The van der Waals surface area contributed by atoms with Gasteiger partial charge in [-0.2, -0.15) is 5.26 Å². The first-order chi connectivity index (χ1) is 12.8. The molecule has 2 fully saturated rings. The molecule has 0 radical (unpaired) electrons. The number of nitrogens with zero attached hydrogens (tertiary/aromatic N) is 1. The van der Waals surface area contributed by atoms with E-state index in [1.165, 1.54) is 76.2 Å². The average Bonchev–Trinajstić information content (AvgIpc) is 2.72. The third-order valence-corrected chi connectivity index (χ3v) is 6.98. The topological polar surface area (TPSA) is 23.8 Å². The van der Waals surface area contributed by atoms with E-state index < -0.39 is 0 Å². The molecule has 0 N–H and O–H groups in total. The van der Waals surface area contributed by atoms with Crippen molar-refractivity contribution in [3.8, 4) is 6.07 Å². The molecule has 26 heavy (non-hydrogen) atoms. The minimum atomic E-state index is 0.696. The van der Waals surface area contributed by atoms with E-state index in [0.29, 0.717) is 5.92 Å². The first-order valence-corrected chi connectivity index (χ1v) is 10.9. The monoisotopic (exact) mass is 349 g/mol. The van der Waals surface area contributed by atoms with Gasteiger partial charge in [0.2, 0.25) is 0 Å². The van der Waals surface area contributed by atoms with Gasteiger partial charge in [0, 0.05) is 0 Å². The maximum absolute atomic E-state index is 8.92. The normalized spacial score (nSPS) is 29.5. The predicted octanol–water partition coefficient (Wildman–Crippen LogP) is 7.38. The Morgan fingerprint density at radius 3 is 2.19 bits per heavy atom. The van der Waals surface area contributed by atoms with E-state index in [4.69, 9.17) is 5.26 Å². The highest BCUT2D eigenvalue weighted by molar-refractivity contribution is 5.33. The summed E-state index contributed by atoms with van der Waals surface area (Å²) >= 11 is 0. The van der Waals surface area contributed by atoms with Crippen LogP contribution in [0.15, 0.2) is 36.4 Å². The number of hydrogen-bond donors (Lipinski definition) is 0. The second-order valence-corrected chi connectivity index (χ2v) is 8.65. The first-order valence-electron chi connectivity index (χ1n) is 10.9. The Morgan fingerprint density at radius 1 is 0.923 bits per heavy atom. The largest absolute Gasteiger partial charge is 0.192 e. The number of allylic oxidation sites excluding steroid dienone is 2. The van der Waals surface area contributed by atoms with Gasteiger partial charge >= 0.3 is 0 Å². The third-order valence-electron chi connectivity index (χ3n) is 6.98. The van der Waals surface area contributed by atoms with Crippen LogP contribution in [0, 0.1) is 29.1 Å². The van der Waals surface area contributed by atoms with E-state index >= 15 is 0 Å². The van der Waals surface area contributed by atoms with Gasteiger partial charge in [0.05, 0.1) is 11.6 Å². The second-order valence-electron chi connectivity index (χ2n) is 8.65. The molecule has 0 aromatic heterocycles. The zero-order chi connectivity index (χ0) is 18.2. The van der Waals surface area contributed by atoms with Gasteiger partial charge in [0.25, 0.3) is 0 Å². The molecule has 3 rings (SSSR count). The maximum atomic E-state index is 8.92. The molecular formula is C25H35N. The highest BCUT2D eigenvalue weighted by Gasteiger charge is 2.21. The molecule has 2 saturated carbocycles. The SMILES string of the molecule is CCC1CCC(CC/C=C/C2CCC(c3ccc(C#N)cc3)CC2)CC1. The molecule has 0 heterocycles. The van der Waals surface area contributed by atoms with Crippen molar-refractivity contribution in [2.75, 3.05) is 0 Å². The summed E-state index contributed by atoms with van der Waals surface area (Å²) in [4.78, 5) is 0. The Hall–Kier alpha value is -1.55. The van der Waals surface area contributed by atoms with Gasteiger partial charge in [-0.05, 0) is 79.9 Å². The van der Waals surface area contributed by atoms with Crippen LogP contribution in [0.4, 0.5) is 0 Å². The van der Waals surface area contributed by atoms with Gasteiger partial charge in [-0.3, -0.25) is 0 Å². The van der Waals surface area contributed by atoms with E-state index in [1.807, 2.05) is 12.1 Å². The fourth-order valence-electron chi connectivity index (χ4n) is 5.02. The molecule has 0 saturated heterocycles. The van der Waals surface area contributed by atoms with Crippen molar-refractivity contribution in [1.29, 1.82) is 5.26 Å². The van der Waals surface area contributed by atoms with E-state index in [-0.39, 0.29) is 0 Å². The number of nitriles is 1. The van der Waals surface area contributed by atoms with Crippen molar-refractivity contribution in [1.82, 2.24) is 0 Å². The molecule has 2 aliphatic carbocycles. The lowest BCUT2D eigenvalue weighted by molar-refractivity contribution is 0.259. The van der Waals surface area contributed by atoms with Crippen LogP contribution in [-0.4, -0.2) is 0 Å². The van der Waals surface area contributed by atoms with Crippen LogP contribution in [-0.2, 0) is 0 Å². The standard InChI is InChI=1S/C25H35N/c1-2-20-7-9-21(10-8-20)5-3-4-6-22-11-15-24(16-12-22)25-17-13-23(19-26)14-18-25/h4,6,13-14,17-18,20-22,24H,2-3,5,7-12,15-16H2,1H3/b6-4+. The van der Waals surface area contributed by atoms with Crippen LogP contribution in [0.25, 0.3) is 0 Å². The Kier molecular flexibility index (Phi) is 7.36. The van der Waals surface area contributed by atoms with Crippen molar-refractivity contribution >= 4 is 0 Å². The fraction of sp³-hybridized carbons (Fsp3) is 0.640. The van der Waals surface area contributed by atoms with Gasteiger partial charge in [0.1, 0.15) is 0 Å². The molecule has 1 nitrogen and oxygen atoms in total. The van der Waals surface area contributed by atoms with Crippen LogP contribution in [0.3, 0.4) is 0 Å². The lowest BCUT2D eigenvalue weighted by atomic mass is 9.78. The predicted molar refractivity (Wildman–Crippen MR) is 110 cm³/mol. The van der Waals surface area contributed by atoms with E-state index in [1.54, 1.807) is 0 Å². The van der Waals surface area contributed by atoms with Crippen molar-refractivity contribution in [3.63, 3.8) is 0 Å². The number of hydrogen-bond acceptors (Lipinski definition) is 1. The van der Waals surface area contributed by atoms with Crippen LogP contribution >= 0.6 is 0 Å². The van der Waals surface area contributed by atoms with Crippen LogP contribution in [0.1, 0.15) is 94.6 Å². The summed E-state index contributed by atoms with van der Waals surface area (Å²) in [6, 6.07) is 10.5. The molecule has 1 aromatic carbocycles. The Balaban J connectivity index is 1.34. The quantitative estimate of drug-likeness (QED) is 0.491.